The van der Waals surface area contributed by atoms with E-state index < -0.39 is 10.0 Å². The Morgan fingerprint density at radius 1 is 1.50 bits per heavy atom. The third-order valence-electron chi connectivity index (χ3n) is 2.63. The minimum absolute atomic E-state index is 0.00494. The fourth-order valence-electron chi connectivity index (χ4n) is 1.46. The van der Waals surface area contributed by atoms with Crippen LogP contribution in [-0.2, 0) is 23.6 Å². The molecule has 2 rings (SSSR count). The van der Waals surface area contributed by atoms with Gasteiger partial charge in [-0.1, -0.05) is 0 Å². The molecule has 0 aliphatic heterocycles. The van der Waals surface area contributed by atoms with Crippen LogP contribution in [0, 0.1) is 0 Å². The summed E-state index contributed by atoms with van der Waals surface area (Å²) < 4.78 is 31.1. The molecule has 0 unspecified atom stereocenters. The molecular formula is C9H15N7O2S2. The first-order valence-corrected chi connectivity index (χ1v) is 7.79. The lowest BCUT2D eigenvalue weighted by atomic mass is 10.5. The van der Waals surface area contributed by atoms with E-state index in [9.17, 15) is 8.42 Å². The monoisotopic (exact) mass is 317 g/mol. The molecule has 0 aliphatic carbocycles. The van der Waals surface area contributed by atoms with Crippen molar-refractivity contribution >= 4 is 32.4 Å². The summed E-state index contributed by atoms with van der Waals surface area (Å²) in [5.41, 5.74) is 5.66. The number of aromatic nitrogens is 4. The number of nitrogens with two attached hydrogens (primary N) is 1. The van der Waals surface area contributed by atoms with Gasteiger partial charge in [0.1, 0.15) is 11.3 Å². The van der Waals surface area contributed by atoms with E-state index in [0.717, 1.165) is 15.8 Å². The number of nitrogens with one attached hydrogen (secondary N) is 1. The van der Waals surface area contributed by atoms with Crippen molar-refractivity contribution in [1.29, 1.82) is 0 Å². The Bertz CT molecular complexity index is 704. The van der Waals surface area contributed by atoms with Gasteiger partial charge in [-0.2, -0.15) is 4.37 Å². The Balaban J connectivity index is 2.29. The van der Waals surface area contributed by atoms with Gasteiger partial charge in [0, 0.05) is 21.1 Å². The average Bonchev–Trinajstić information content (AvgIpc) is 2.93. The molecule has 0 saturated carbocycles. The first-order valence-electron chi connectivity index (χ1n) is 5.58. The summed E-state index contributed by atoms with van der Waals surface area (Å²) in [7, 11) is 1.04. The number of nitrogen functional groups attached to an aromatic ring is 1. The normalized spacial score (nSPS) is 12.0. The van der Waals surface area contributed by atoms with E-state index >= 15 is 0 Å². The molecule has 110 valence electrons. The maximum atomic E-state index is 12.2. The number of aryl methyl sites for hydroxylation is 1. The van der Waals surface area contributed by atoms with Gasteiger partial charge in [-0.25, -0.2) is 12.7 Å². The van der Waals surface area contributed by atoms with Crippen molar-refractivity contribution in [2.24, 2.45) is 7.05 Å². The van der Waals surface area contributed by atoms with Gasteiger partial charge in [-0.3, -0.25) is 0 Å². The highest BCUT2D eigenvalue weighted by Crippen LogP contribution is 2.33. The second-order valence-electron chi connectivity index (χ2n) is 4.23. The molecule has 0 amide bonds. The van der Waals surface area contributed by atoms with Crippen LogP contribution >= 0.6 is 11.5 Å². The van der Waals surface area contributed by atoms with Gasteiger partial charge in [0.05, 0.1) is 6.54 Å². The number of rotatable bonds is 5. The van der Waals surface area contributed by atoms with Gasteiger partial charge in [0.25, 0.3) is 0 Å². The first-order chi connectivity index (χ1) is 9.34. The van der Waals surface area contributed by atoms with Crippen molar-refractivity contribution in [2.45, 2.75) is 11.4 Å². The van der Waals surface area contributed by atoms with E-state index in [4.69, 9.17) is 5.73 Å². The van der Waals surface area contributed by atoms with Crippen LogP contribution in [0.5, 0.6) is 0 Å². The molecule has 2 heterocycles. The zero-order valence-electron chi connectivity index (χ0n) is 11.2. The maximum absolute atomic E-state index is 12.2. The Hall–Kier alpha value is -1.72. The highest BCUT2D eigenvalue weighted by molar-refractivity contribution is 7.89. The summed E-state index contributed by atoms with van der Waals surface area (Å²) in [6.07, 6.45) is 1.57. The van der Waals surface area contributed by atoms with Crippen molar-refractivity contribution in [2.75, 3.05) is 25.1 Å². The van der Waals surface area contributed by atoms with Gasteiger partial charge >= 0.3 is 0 Å². The Kier molecular flexibility index (Phi) is 3.92. The number of hydrogen-bond donors (Lipinski definition) is 2. The predicted molar refractivity (Wildman–Crippen MR) is 75.7 cm³/mol. The second kappa shape index (κ2) is 5.34. The van der Waals surface area contributed by atoms with Crippen LogP contribution in [0.2, 0.25) is 0 Å². The number of hydrogen-bond acceptors (Lipinski definition) is 8. The largest absolute Gasteiger partial charge is 0.382 e. The van der Waals surface area contributed by atoms with Crippen LogP contribution < -0.4 is 11.1 Å². The Labute approximate surface area is 120 Å². The third-order valence-corrected chi connectivity index (χ3v) is 5.46. The molecule has 2 aromatic rings. The van der Waals surface area contributed by atoms with E-state index in [2.05, 4.69) is 19.9 Å². The zero-order chi connectivity index (χ0) is 14.9. The van der Waals surface area contributed by atoms with Crippen LogP contribution in [-0.4, -0.2) is 46.0 Å². The Morgan fingerprint density at radius 3 is 2.75 bits per heavy atom. The van der Waals surface area contributed by atoms with E-state index in [1.807, 2.05) is 0 Å². The summed E-state index contributed by atoms with van der Waals surface area (Å²) in [6, 6.07) is 0. The molecule has 0 fully saturated rings. The third kappa shape index (κ3) is 2.59. The zero-order valence-corrected chi connectivity index (χ0v) is 12.9. The molecule has 0 radical (unpaired) electrons. The molecular weight excluding hydrogens is 302 g/mol. The lowest BCUT2D eigenvalue weighted by molar-refractivity contribution is 0.521. The summed E-state index contributed by atoms with van der Waals surface area (Å²) >= 11 is 0.999. The smallest absolute Gasteiger partial charge is 0.249 e. The molecule has 0 atom stereocenters. The SMILES string of the molecule is CN(C)S(=O)(=O)c1c(N)nsc1NCc1nncn1C. The summed E-state index contributed by atoms with van der Waals surface area (Å²) in [5, 5.41) is 11.0. The first kappa shape index (κ1) is 14.7. The van der Waals surface area contributed by atoms with Crippen molar-refractivity contribution in [1.82, 2.24) is 23.4 Å². The van der Waals surface area contributed by atoms with Crippen LogP contribution in [0.25, 0.3) is 0 Å². The molecule has 3 N–H and O–H groups in total. The van der Waals surface area contributed by atoms with Crippen molar-refractivity contribution < 1.29 is 8.42 Å². The highest BCUT2D eigenvalue weighted by Gasteiger charge is 2.27. The van der Waals surface area contributed by atoms with E-state index in [1.54, 1.807) is 17.9 Å². The molecule has 0 aliphatic rings. The predicted octanol–water partition coefficient (Wildman–Crippen LogP) is -0.284. The summed E-state index contributed by atoms with van der Waals surface area (Å²) in [6.45, 7) is 0.327. The fourth-order valence-corrected chi connectivity index (χ4v) is 3.54. The van der Waals surface area contributed by atoms with Crippen LogP contribution in [0.3, 0.4) is 0 Å². The van der Waals surface area contributed by atoms with Gasteiger partial charge < -0.3 is 15.6 Å². The quantitative estimate of drug-likeness (QED) is 0.778. The van der Waals surface area contributed by atoms with E-state index in [0.29, 0.717) is 17.4 Å². The van der Waals surface area contributed by atoms with E-state index in [-0.39, 0.29) is 10.7 Å². The van der Waals surface area contributed by atoms with Crippen molar-refractivity contribution in [3.63, 3.8) is 0 Å². The molecule has 0 aromatic carbocycles. The van der Waals surface area contributed by atoms with Gasteiger partial charge in [-0.05, 0) is 11.5 Å². The van der Waals surface area contributed by atoms with Crippen molar-refractivity contribution in [3.8, 4) is 0 Å². The minimum atomic E-state index is -3.65. The van der Waals surface area contributed by atoms with Crippen LogP contribution in [0.4, 0.5) is 10.8 Å². The highest BCUT2D eigenvalue weighted by atomic mass is 32.2. The molecule has 11 heteroatoms. The summed E-state index contributed by atoms with van der Waals surface area (Å²) in [4.78, 5) is -0.00494. The topological polar surface area (TPSA) is 119 Å². The minimum Gasteiger partial charge on any atom is -0.382 e. The molecule has 20 heavy (non-hydrogen) atoms. The summed E-state index contributed by atoms with van der Waals surface area (Å²) in [5.74, 6) is 0.661. The standard InChI is InChI=1S/C9H15N7O2S2/c1-15(2)20(17,18)7-8(10)14-19-9(7)11-4-6-13-12-5-16(6)3/h5,11H,4H2,1-3H3,(H2,10,14). The molecule has 0 bridgehead atoms. The lowest BCUT2D eigenvalue weighted by Gasteiger charge is -2.12. The van der Waals surface area contributed by atoms with Gasteiger partial charge in [0.15, 0.2) is 16.5 Å². The van der Waals surface area contributed by atoms with Crippen molar-refractivity contribution in [3.05, 3.63) is 12.2 Å². The number of nitrogens with zero attached hydrogens (tertiary/aromatic N) is 5. The Morgan fingerprint density at radius 2 is 2.20 bits per heavy atom. The average molecular weight is 317 g/mol. The van der Waals surface area contributed by atoms with Gasteiger partial charge in [-0.15, -0.1) is 10.2 Å². The second-order valence-corrected chi connectivity index (χ2v) is 7.09. The molecule has 9 nitrogen and oxygen atoms in total. The van der Waals surface area contributed by atoms with Crippen LogP contribution in [0.1, 0.15) is 5.82 Å². The molecule has 0 saturated heterocycles. The van der Waals surface area contributed by atoms with Gasteiger partial charge in [0.2, 0.25) is 10.0 Å². The molecule has 0 spiro atoms. The number of anilines is 2. The maximum Gasteiger partial charge on any atom is 0.249 e. The fraction of sp³-hybridized carbons (Fsp3) is 0.444. The lowest BCUT2D eigenvalue weighted by Crippen LogP contribution is -2.23. The molecule has 2 aromatic heterocycles. The van der Waals surface area contributed by atoms with Crippen LogP contribution in [0.15, 0.2) is 11.2 Å². The van der Waals surface area contributed by atoms with E-state index in [1.165, 1.54) is 14.1 Å². The number of sulfonamides is 1.